The zero-order chi connectivity index (χ0) is 20.5. The number of phenols is 2. The van der Waals surface area contributed by atoms with E-state index in [1.165, 1.54) is 24.3 Å². The van der Waals surface area contributed by atoms with E-state index >= 15 is 0 Å². The van der Waals surface area contributed by atoms with Crippen molar-refractivity contribution in [3.8, 4) is 28.6 Å². The molecule has 8 nitrogen and oxygen atoms in total. The summed E-state index contributed by atoms with van der Waals surface area (Å²) in [6.45, 7) is 3.26. The van der Waals surface area contributed by atoms with Gasteiger partial charge in [0.1, 0.15) is 17.1 Å². The van der Waals surface area contributed by atoms with Crippen LogP contribution in [0.15, 0.2) is 45.6 Å². The first kappa shape index (κ1) is 19.9. The van der Waals surface area contributed by atoms with E-state index in [4.69, 9.17) is 13.7 Å². The Balaban J connectivity index is 2.19. The second kappa shape index (κ2) is 7.67. The molecule has 0 spiro atoms. The number of ether oxygens (including phenoxy) is 1. The van der Waals surface area contributed by atoms with E-state index in [9.17, 15) is 24.5 Å². The summed E-state index contributed by atoms with van der Waals surface area (Å²) in [6.07, 6.45) is -0.750. The highest BCUT2D eigenvalue weighted by Crippen LogP contribution is 2.43. The smallest absolute Gasteiger partial charge is 0.365 e. The van der Waals surface area contributed by atoms with Crippen molar-refractivity contribution in [1.82, 2.24) is 0 Å². The maximum atomic E-state index is 12.9. The van der Waals surface area contributed by atoms with Crippen LogP contribution >= 0.6 is 7.60 Å². The van der Waals surface area contributed by atoms with Crippen molar-refractivity contribution in [3.05, 3.63) is 52.2 Å². The molecule has 3 N–H and O–H groups in total. The molecule has 148 valence electrons. The lowest BCUT2D eigenvalue weighted by atomic mass is 10.1. The highest BCUT2D eigenvalue weighted by atomic mass is 31.2. The van der Waals surface area contributed by atoms with Crippen molar-refractivity contribution in [1.29, 1.82) is 0 Å². The fraction of sp³-hybridized carbons (Fsp3) is 0.211. The highest BCUT2D eigenvalue weighted by Gasteiger charge is 2.24. The largest absolute Gasteiger partial charge is 0.508 e. The second-order valence-corrected chi connectivity index (χ2v) is 7.89. The van der Waals surface area contributed by atoms with E-state index in [0.717, 1.165) is 0 Å². The first-order valence-electron chi connectivity index (χ1n) is 8.41. The number of hydrogen-bond acceptors (Lipinski definition) is 7. The minimum Gasteiger partial charge on any atom is -0.508 e. The molecule has 0 saturated heterocycles. The van der Waals surface area contributed by atoms with Gasteiger partial charge in [-0.05, 0) is 37.6 Å². The van der Waals surface area contributed by atoms with Gasteiger partial charge in [0.25, 0.3) is 0 Å². The summed E-state index contributed by atoms with van der Waals surface area (Å²) >= 11 is 0. The SMILES string of the molecule is CCOP(=O)(O)COc1c(-c2ccc(C)c(O)c2)oc2cc(O)ccc2c1=O. The molecule has 28 heavy (non-hydrogen) atoms. The molecule has 1 aromatic heterocycles. The molecule has 0 amide bonds. The molecular weight excluding hydrogens is 387 g/mol. The van der Waals surface area contributed by atoms with Crippen LogP contribution in [-0.2, 0) is 9.09 Å². The van der Waals surface area contributed by atoms with Crippen LogP contribution in [-0.4, -0.2) is 28.1 Å². The van der Waals surface area contributed by atoms with Gasteiger partial charge in [-0.3, -0.25) is 9.36 Å². The average Bonchev–Trinajstić information content (AvgIpc) is 2.62. The van der Waals surface area contributed by atoms with Crippen LogP contribution < -0.4 is 10.2 Å². The molecule has 0 radical (unpaired) electrons. The Morgan fingerprint density at radius 3 is 2.57 bits per heavy atom. The summed E-state index contributed by atoms with van der Waals surface area (Å²) in [4.78, 5) is 22.7. The fourth-order valence-corrected chi connectivity index (χ4v) is 3.39. The standard InChI is InChI=1S/C19H19O8P/c1-3-26-28(23,24)10-25-19-17(22)14-7-6-13(20)9-16(14)27-18(19)12-5-4-11(2)15(21)8-12/h4-9,20-21H,3,10H2,1-2H3,(H,23,24). The van der Waals surface area contributed by atoms with Crippen LogP contribution in [0.3, 0.4) is 0 Å². The van der Waals surface area contributed by atoms with Crippen LogP contribution in [0.25, 0.3) is 22.3 Å². The van der Waals surface area contributed by atoms with E-state index in [0.29, 0.717) is 11.1 Å². The molecule has 1 atom stereocenters. The third-order valence-electron chi connectivity index (χ3n) is 4.01. The third kappa shape index (κ3) is 4.04. The molecule has 3 aromatic rings. The van der Waals surface area contributed by atoms with Gasteiger partial charge in [-0.2, -0.15) is 0 Å². The molecule has 3 rings (SSSR count). The lowest BCUT2D eigenvalue weighted by molar-refractivity contribution is 0.239. The van der Waals surface area contributed by atoms with Gasteiger partial charge >= 0.3 is 7.60 Å². The number of fused-ring (bicyclic) bond motifs is 1. The highest BCUT2D eigenvalue weighted by molar-refractivity contribution is 7.52. The molecule has 2 aromatic carbocycles. The Hall–Kier alpha value is -2.80. The van der Waals surface area contributed by atoms with Crippen LogP contribution in [0.5, 0.6) is 17.2 Å². The molecule has 0 aliphatic carbocycles. The second-order valence-electron chi connectivity index (χ2n) is 6.10. The zero-order valence-electron chi connectivity index (χ0n) is 15.2. The van der Waals surface area contributed by atoms with Gasteiger partial charge in [0.2, 0.25) is 11.2 Å². The number of aryl methyl sites for hydroxylation is 1. The Morgan fingerprint density at radius 1 is 1.14 bits per heavy atom. The van der Waals surface area contributed by atoms with Crippen molar-refractivity contribution in [2.24, 2.45) is 0 Å². The molecular formula is C19H19O8P. The summed E-state index contributed by atoms with van der Waals surface area (Å²) in [7, 11) is -4.07. The minimum atomic E-state index is -4.07. The minimum absolute atomic E-state index is 0.00142. The predicted octanol–water partition coefficient (Wildman–Crippen LogP) is 3.74. The summed E-state index contributed by atoms with van der Waals surface area (Å²) in [5.74, 6) is -0.465. The van der Waals surface area contributed by atoms with Crippen LogP contribution in [0.1, 0.15) is 12.5 Å². The van der Waals surface area contributed by atoms with E-state index < -0.39 is 19.4 Å². The number of hydrogen-bond donors (Lipinski definition) is 3. The third-order valence-corrected chi connectivity index (χ3v) is 5.13. The van der Waals surface area contributed by atoms with Crippen molar-refractivity contribution in [3.63, 3.8) is 0 Å². The van der Waals surface area contributed by atoms with Gasteiger partial charge in [-0.1, -0.05) is 12.1 Å². The molecule has 9 heteroatoms. The van der Waals surface area contributed by atoms with Crippen molar-refractivity contribution >= 4 is 18.6 Å². The topological polar surface area (TPSA) is 126 Å². The summed E-state index contributed by atoms with van der Waals surface area (Å²) in [5.41, 5.74) is 0.449. The number of aromatic hydroxyl groups is 2. The van der Waals surface area contributed by atoms with Crippen LogP contribution in [0, 0.1) is 6.92 Å². The lowest BCUT2D eigenvalue weighted by Gasteiger charge is -2.15. The molecule has 1 heterocycles. The summed E-state index contributed by atoms with van der Waals surface area (Å²) in [5, 5.41) is 19.8. The Labute approximate surface area is 160 Å². The molecule has 0 bridgehead atoms. The summed E-state index contributed by atoms with van der Waals surface area (Å²) in [6, 6.07) is 8.57. The van der Waals surface area contributed by atoms with E-state index in [2.05, 4.69) is 0 Å². The van der Waals surface area contributed by atoms with Crippen LogP contribution in [0.2, 0.25) is 0 Å². The maximum Gasteiger partial charge on any atom is 0.365 e. The predicted molar refractivity (Wildman–Crippen MR) is 103 cm³/mol. The monoisotopic (exact) mass is 406 g/mol. The quantitative estimate of drug-likeness (QED) is 0.529. The Bertz CT molecular complexity index is 1130. The zero-order valence-corrected chi connectivity index (χ0v) is 16.1. The van der Waals surface area contributed by atoms with Crippen LogP contribution in [0.4, 0.5) is 0 Å². The maximum absolute atomic E-state index is 12.9. The van der Waals surface area contributed by atoms with E-state index in [-0.39, 0.29) is 40.6 Å². The van der Waals surface area contributed by atoms with Gasteiger partial charge in [0, 0.05) is 11.6 Å². The van der Waals surface area contributed by atoms with Gasteiger partial charge in [0.05, 0.1) is 12.0 Å². The molecule has 0 fully saturated rings. The molecule has 0 saturated carbocycles. The van der Waals surface area contributed by atoms with E-state index in [1.54, 1.807) is 26.0 Å². The van der Waals surface area contributed by atoms with E-state index in [1.807, 2.05) is 0 Å². The van der Waals surface area contributed by atoms with Gasteiger partial charge in [0.15, 0.2) is 12.1 Å². The Kier molecular flexibility index (Phi) is 5.47. The van der Waals surface area contributed by atoms with Gasteiger partial charge in [-0.15, -0.1) is 0 Å². The van der Waals surface area contributed by atoms with Gasteiger partial charge in [-0.25, -0.2) is 0 Å². The number of benzene rings is 2. The number of rotatable bonds is 6. The first-order chi connectivity index (χ1) is 13.2. The molecule has 0 aliphatic heterocycles. The lowest BCUT2D eigenvalue weighted by Crippen LogP contribution is -2.12. The number of phenolic OH excluding ortho intramolecular Hbond substituents is 2. The normalized spacial score (nSPS) is 13.4. The fourth-order valence-electron chi connectivity index (χ4n) is 2.62. The Morgan fingerprint density at radius 2 is 1.89 bits per heavy atom. The van der Waals surface area contributed by atoms with Crippen molar-refractivity contribution in [2.75, 3.05) is 13.0 Å². The van der Waals surface area contributed by atoms with Crippen molar-refractivity contribution in [2.45, 2.75) is 13.8 Å². The van der Waals surface area contributed by atoms with Gasteiger partial charge < -0.3 is 28.8 Å². The average molecular weight is 406 g/mol. The summed E-state index contributed by atoms with van der Waals surface area (Å²) < 4.78 is 27.8. The molecule has 1 unspecified atom stereocenters. The first-order valence-corrected chi connectivity index (χ1v) is 10.2. The van der Waals surface area contributed by atoms with Crippen molar-refractivity contribution < 1.29 is 33.3 Å². The molecule has 0 aliphatic rings.